The molecule has 0 aliphatic carbocycles. The number of H-pyrrole nitrogens is 1. The quantitative estimate of drug-likeness (QED) is 0.283. The first kappa shape index (κ1) is 28.6. The van der Waals surface area contributed by atoms with Gasteiger partial charge in [-0.1, -0.05) is 6.07 Å². The summed E-state index contributed by atoms with van der Waals surface area (Å²) in [7, 11) is 0. The van der Waals surface area contributed by atoms with Crippen molar-refractivity contribution in [2.24, 2.45) is 0 Å². The first-order chi connectivity index (χ1) is 20.3. The van der Waals surface area contributed by atoms with Gasteiger partial charge in [-0.25, -0.2) is 4.39 Å². The van der Waals surface area contributed by atoms with Gasteiger partial charge in [0.05, 0.1) is 0 Å². The molecule has 42 heavy (non-hydrogen) atoms. The number of benzene rings is 2. The fraction of sp³-hybridized carbons (Fsp3) is 0.290. The molecule has 0 spiro atoms. The Morgan fingerprint density at radius 1 is 0.952 bits per heavy atom. The summed E-state index contributed by atoms with van der Waals surface area (Å²) in [5, 5.41) is 23.2. The molecule has 3 amide bonds. The predicted molar refractivity (Wildman–Crippen MR) is 153 cm³/mol. The Hall–Kier alpha value is -4.93. The SMILES string of the molecule is Cc1ccc(-c2cc(C(=O)N3CCCNC(=O)c4ccc(F)c(c4)-c4cc(ccc4O)CCNC(=O)CCC3)n[nH]2)o1. The highest BCUT2D eigenvalue weighted by atomic mass is 19.1. The number of carbonyl (C=O) groups is 3. The summed E-state index contributed by atoms with van der Waals surface area (Å²) in [6.45, 7) is 3.07. The molecule has 10 nitrogen and oxygen atoms in total. The number of furan rings is 1. The van der Waals surface area contributed by atoms with E-state index in [0.29, 0.717) is 50.4 Å². The number of fused-ring (bicyclic) bond motifs is 5. The zero-order chi connectivity index (χ0) is 29.6. The van der Waals surface area contributed by atoms with Gasteiger partial charge in [0.25, 0.3) is 11.8 Å². The van der Waals surface area contributed by atoms with Crippen molar-refractivity contribution >= 4 is 17.7 Å². The summed E-state index contributed by atoms with van der Waals surface area (Å²) in [6.07, 6.45) is 1.56. The Labute approximate surface area is 241 Å². The smallest absolute Gasteiger partial charge is 0.274 e. The molecule has 0 saturated carbocycles. The van der Waals surface area contributed by atoms with Gasteiger partial charge in [-0.05, 0) is 74.2 Å². The van der Waals surface area contributed by atoms with E-state index >= 15 is 0 Å². The van der Waals surface area contributed by atoms with E-state index in [1.54, 1.807) is 29.2 Å². The Balaban J connectivity index is 1.34. The number of nitrogens with one attached hydrogen (secondary N) is 3. The number of nitrogens with zero attached hydrogens (tertiary/aromatic N) is 2. The number of aromatic amines is 1. The second-order valence-corrected chi connectivity index (χ2v) is 10.2. The maximum atomic E-state index is 14.8. The molecule has 3 heterocycles. The number of hydrogen-bond donors (Lipinski definition) is 4. The Morgan fingerprint density at radius 3 is 2.60 bits per heavy atom. The maximum Gasteiger partial charge on any atom is 0.274 e. The lowest BCUT2D eigenvalue weighted by molar-refractivity contribution is -0.121. The van der Waals surface area contributed by atoms with Crippen LogP contribution in [-0.2, 0) is 11.2 Å². The molecule has 0 radical (unpaired) electrons. The average molecular weight is 574 g/mol. The van der Waals surface area contributed by atoms with Gasteiger partial charge in [-0.15, -0.1) is 0 Å². The molecule has 1 aliphatic rings. The maximum absolute atomic E-state index is 14.8. The summed E-state index contributed by atoms with van der Waals surface area (Å²) < 4.78 is 20.4. The molecule has 0 saturated heterocycles. The van der Waals surface area contributed by atoms with Crippen molar-refractivity contribution < 1.29 is 28.3 Å². The molecule has 0 fully saturated rings. The van der Waals surface area contributed by atoms with Crippen molar-refractivity contribution in [2.45, 2.75) is 32.6 Å². The van der Waals surface area contributed by atoms with Crippen LogP contribution in [0.25, 0.3) is 22.6 Å². The number of amides is 3. The summed E-state index contributed by atoms with van der Waals surface area (Å²) in [6, 6.07) is 14.1. The van der Waals surface area contributed by atoms with Gasteiger partial charge >= 0.3 is 0 Å². The lowest BCUT2D eigenvalue weighted by atomic mass is 9.98. The monoisotopic (exact) mass is 573 g/mol. The van der Waals surface area contributed by atoms with E-state index in [2.05, 4.69) is 20.8 Å². The molecular weight excluding hydrogens is 541 g/mol. The van der Waals surface area contributed by atoms with E-state index in [1.165, 1.54) is 24.3 Å². The molecule has 1 aliphatic heterocycles. The van der Waals surface area contributed by atoms with Crippen molar-refractivity contribution in [1.82, 2.24) is 25.7 Å². The zero-order valence-electron chi connectivity index (χ0n) is 23.2. The number of hydrogen-bond acceptors (Lipinski definition) is 6. The van der Waals surface area contributed by atoms with Crippen LogP contribution < -0.4 is 10.6 Å². The normalized spacial score (nSPS) is 15.2. The van der Waals surface area contributed by atoms with E-state index < -0.39 is 11.7 Å². The fourth-order valence-electron chi connectivity index (χ4n) is 4.88. The molecule has 5 rings (SSSR count). The summed E-state index contributed by atoms with van der Waals surface area (Å²) >= 11 is 0. The van der Waals surface area contributed by atoms with Crippen molar-refractivity contribution in [2.75, 3.05) is 26.2 Å². The van der Waals surface area contributed by atoms with Crippen LogP contribution in [0.5, 0.6) is 5.75 Å². The van der Waals surface area contributed by atoms with Crippen LogP contribution >= 0.6 is 0 Å². The van der Waals surface area contributed by atoms with Gasteiger partial charge in [0.15, 0.2) is 11.5 Å². The minimum absolute atomic E-state index is 0.101. The van der Waals surface area contributed by atoms with Crippen molar-refractivity contribution in [1.29, 1.82) is 0 Å². The van der Waals surface area contributed by atoms with Crippen molar-refractivity contribution in [3.63, 3.8) is 0 Å². The number of halogens is 1. The van der Waals surface area contributed by atoms with E-state index in [9.17, 15) is 23.9 Å². The number of aryl methyl sites for hydroxylation is 1. The number of phenolic OH excluding ortho intramolecular Hbond substituents is 1. The average Bonchev–Trinajstić information content (AvgIpc) is 3.64. The zero-order valence-corrected chi connectivity index (χ0v) is 23.2. The predicted octanol–water partition coefficient (Wildman–Crippen LogP) is 4.20. The van der Waals surface area contributed by atoms with Gasteiger partial charge in [-0.3, -0.25) is 19.5 Å². The molecule has 0 unspecified atom stereocenters. The second-order valence-electron chi connectivity index (χ2n) is 10.2. The molecule has 11 heteroatoms. The highest BCUT2D eigenvalue weighted by molar-refractivity contribution is 5.96. The lowest BCUT2D eigenvalue weighted by Crippen LogP contribution is -2.36. The minimum atomic E-state index is -0.573. The molecule has 4 bridgehead atoms. The van der Waals surface area contributed by atoms with Gasteiger partial charge in [0, 0.05) is 55.4 Å². The highest BCUT2D eigenvalue weighted by Crippen LogP contribution is 2.33. The Bertz CT molecular complexity index is 1610. The molecule has 4 N–H and O–H groups in total. The second kappa shape index (κ2) is 12.7. The van der Waals surface area contributed by atoms with Crippen LogP contribution in [0, 0.1) is 12.7 Å². The number of phenols is 1. The largest absolute Gasteiger partial charge is 0.507 e. The van der Waals surface area contributed by atoms with Crippen LogP contribution in [-0.4, -0.2) is 64.1 Å². The number of aromatic hydroxyl groups is 1. The number of rotatable bonds is 2. The van der Waals surface area contributed by atoms with E-state index in [4.69, 9.17) is 4.42 Å². The van der Waals surface area contributed by atoms with Gasteiger partial charge in [0.2, 0.25) is 5.91 Å². The van der Waals surface area contributed by atoms with Crippen LogP contribution in [0.15, 0.2) is 59.0 Å². The van der Waals surface area contributed by atoms with Crippen LogP contribution in [0.1, 0.15) is 51.4 Å². The van der Waals surface area contributed by atoms with Crippen molar-refractivity contribution in [3.05, 3.63) is 83.0 Å². The Morgan fingerprint density at radius 2 is 1.79 bits per heavy atom. The third kappa shape index (κ3) is 6.68. The van der Waals surface area contributed by atoms with Crippen LogP contribution in [0.4, 0.5) is 4.39 Å². The third-order valence-electron chi connectivity index (χ3n) is 7.13. The van der Waals surface area contributed by atoms with Gasteiger partial charge in [-0.2, -0.15) is 5.10 Å². The first-order valence-corrected chi connectivity index (χ1v) is 13.9. The summed E-state index contributed by atoms with van der Waals surface area (Å²) in [5.41, 5.74) is 2.19. The fourth-order valence-corrected chi connectivity index (χ4v) is 4.88. The molecule has 0 atom stereocenters. The van der Waals surface area contributed by atoms with Gasteiger partial charge in [0.1, 0.15) is 23.0 Å². The van der Waals surface area contributed by atoms with Crippen LogP contribution in [0.2, 0.25) is 0 Å². The number of carbonyl (C=O) groups excluding carboxylic acids is 3. The van der Waals surface area contributed by atoms with E-state index in [0.717, 1.165) is 11.3 Å². The molecule has 218 valence electrons. The minimum Gasteiger partial charge on any atom is -0.507 e. The van der Waals surface area contributed by atoms with Gasteiger partial charge < -0.3 is 25.1 Å². The highest BCUT2D eigenvalue weighted by Gasteiger charge is 2.21. The molecule has 2 aromatic carbocycles. The molecule has 2 aromatic heterocycles. The van der Waals surface area contributed by atoms with Crippen LogP contribution in [0.3, 0.4) is 0 Å². The Kier molecular flexibility index (Phi) is 8.66. The summed E-state index contributed by atoms with van der Waals surface area (Å²) in [5.74, 6) is -0.238. The third-order valence-corrected chi connectivity index (χ3v) is 7.13. The van der Waals surface area contributed by atoms with E-state index in [1.807, 2.05) is 13.0 Å². The lowest BCUT2D eigenvalue weighted by Gasteiger charge is -2.22. The molecular formula is C31H32FN5O5. The summed E-state index contributed by atoms with van der Waals surface area (Å²) in [4.78, 5) is 40.4. The first-order valence-electron chi connectivity index (χ1n) is 13.9. The van der Waals surface area contributed by atoms with E-state index in [-0.39, 0.29) is 52.9 Å². The van der Waals surface area contributed by atoms with Crippen molar-refractivity contribution in [3.8, 4) is 28.3 Å². The number of aromatic nitrogens is 2. The topological polar surface area (TPSA) is 141 Å². The molecule has 4 aromatic rings. The standard InChI is InChI=1S/C31H32FN5O5/c1-19-5-10-28(42-19)25-18-26(36-35-25)31(41)37-14-2-4-29(39)33-13-11-20-6-9-27(38)23(16-20)22-17-21(7-8-24(22)32)30(40)34-12-3-15-37/h5-10,16-18,38H,2-4,11-15H2,1H3,(H,33,39)(H,34,40)(H,35,36).